The Bertz CT molecular complexity index is 192. The summed E-state index contributed by atoms with van der Waals surface area (Å²) in [7, 11) is 1.67. The molecule has 0 rings (SSSR count). The number of halogens is 1. The standard InChI is InChI=1S/C12H27N3O2.HI/c1-4-6-7-14-12(13-5-2)15-8-9-17-11-10-16-3;/h4-11H2,1-3H3,(H2,13,14,15);1H. The minimum atomic E-state index is 0. The zero-order valence-corrected chi connectivity index (χ0v) is 14.2. The molecule has 0 aromatic carbocycles. The fourth-order valence-electron chi connectivity index (χ4n) is 1.18. The molecule has 0 amide bonds. The maximum absolute atomic E-state index is 5.36. The van der Waals surface area contributed by atoms with Crippen molar-refractivity contribution in [2.24, 2.45) is 4.99 Å². The molecular formula is C12H28IN3O2. The highest BCUT2D eigenvalue weighted by Crippen LogP contribution is 1.86. The molecule has 0 unspecified atom stereocenters. The van der Waals surface area contributed by atoms with E-state index < -0.39 is 0 Å². The first-order valence-electron chi connectivity index (χ1n) is 6.44. The highest BCUT2D eigenvalue weighted by atomic mass is 127. The van der Waals surface area contributed by atoms with Gasteiger partial charge >= 0.3 is 0 Å². The summed E-state index contributed by atoms with van der Waals surface area (Å²) in [6.45, 7) is 8.69. The monoisotopic (exact) mass is 373 g/mol. The number of methoxy groups -OCH3 is 1. The van der Waals surface area contributed by atoms with Gasteiger partial charge in [0.15, 0.2) is 5.96 Å². The molecule has 0 saturated heterocycles. The summed E-state index contributed by atoms with van der Waals surface area (Å²) in [4.78, 5) is 4.45. The van der Waals surface area contributed by atoms with Gasteiger partial charge in [-0.3, -0.25) is 4.99 Å². The lowest BCUT2D eigenvalue weighted by Crippen LogP contribution is -2.39. The molecule has 6 heteroatoms. The molecule has 0 saturated carbocycles. The van der Waals surface area contributed by atoms with E-state index in [1.165, 1.54) is 6.42 Å². The van der Waals surface area contributed by atoms with Crippen molar-refractivity contribution in [3.05, 3.63) is 0 Å². The molecule has 0 aliphatic rings. The Balaban J connectivity index is 0. The van der Waals surface area contributed by atoms with Crippen molar-refractivity contribution >= 4 is 29.9 Å². The highest BCUT2D eigenvalue weighted by Gasteiger charge is 1.95. The molecule has 0 aromatic rings. The molecule has 0 bridgehead atoms. The van der Waals surface area contributed by atoms with E-state index in [9.17, 15) is 0 Å². The van der Waals surface area contributed by atoms with Crippen LogP contribution in [0.5, 0.6) is 0 Å². The average Bonchev–Trinajstić information content (AvgIpc) is 2.34. The Hall–Kier alpha value is -0.0800. The van der Waals surface area contributed by atoms with Crippen LogP contribution in [0.2, 0.25) is 0 Å². The summed E-state index contributed by atoms with van der Waals surface area (Å²) in [5, 5.41) is 6.43. The van der Waals surface area contributed by atoms with Crippen LogP contribution in [0.4, 0.5) is 0 Å². The minimum Gasteiger partial charge on any atom is -0.382 e. The Labute approximate surface area is 128 Å². The summed E-state index contributed by atoms with van der Waals surface area (Å²) in [6.07, 6.45) is 2.30. The van der Waals surface area contributed by atoms with Gasteiger partial charge in [-0.2, -0.15) is 0 Å². The van der Waals surface area contributed by atoms with Crippen LogP contribution in [-0.4, -0.2) is 52.5 Å². The zero-order chi connectivity index (χ0) is 12.8. The van der Waals surface area contributed by atoms with E-state index in [-0.39, 0.29) is 24.0 Å². The Morgan fingerprint density at radius 1 is 1.11 bits per heavy atom. The third kappa shape index (κ3) is 14.0. The van der Waals surface area contributed by atoms with E-state index in [1.54, 1.807) is 7.11 Å². The normalized spacial score (nSPS) is 10.9. The summed E-state index contributed by atoms with van der Waals surface area (Å²) >= 11 is 0. The van der Waals surface area contributed by atoms with Crippen LogP contribution in [0.1, 0.15) is 26.7 Å². The predicted octanol–water partition coefficient (Wildman–Crippen LogP) is 1.62. The molecule has 2 N–H and O–H groups in total. The third-order valence-corrected chi connectivity index (χ3v) is 2.10. The lowest BCUT2D eigenvalue weighted by Gasteiger charge is -2.11. The van der Waals surface area contributed by atoms with Gasteiger partial charge in [-0.05, 0) is 13.3 Å². The second-order valence-electron chi connectivity index (χ2n) is 3.65. The van der Waals surface area contributed by atoms with Crippen molar-refractivity contribution in [2.45, 2.75) is 26.7 Å². The van der Waals surface area contributed by atoms with Crippen molar-refractivity contribution in [1.82, 2.24) is 10.6 Å². The quantitative estimate of drug-likeness (QED) is 0.265. The van der Waals surface area contributed by atoms with Crippen LogP contribution < -0.4 is 10.6 Å². The van der Waals surface area contributed by atoms with Gasteiger partial charge in [0, 0.05) is 26.7 Å². The van der Waals surface area contributed by atoms with Crippen molar-refractivity contribution in [1.29, 1.82) is 0 Å². The molecule has 0 aromatic heterocycles. The van der Waals surface area contributed by atoms with E-state index in [1.807, 2.05) is 0 Å². The second kappa shape index (κ2) is 16.9. The van der Waals surface area contributed by atoms with Crippen LogP contribution in [0, 0.1) is 0 Å². The van der Waals surface area contributed by atoms with Gasteiger partial charge in [0.2, 0.25) is 0 Å². The fourth-order valence-corrected chi connectivity index (χ4v) is 1.18. The molecule has 0 spiro atoms. The average molecular weight is 373 g/mol. The molecule has 0 radical (unpaired) electrons. The topological polar surface area (TPSA) is 54.9 Å². The van der Waals surface area contributed by atoms with Crippen LogP contribution >= 0.6 is 24.0 Å². The highest BCUT2D eigenvalue weighted by molar-refractivity contribution is 14.0. The third-order valence-electron chi connectivity index (χ3n) is 2.10. The van der Waals surface area contributed by atoms with Crippen LogP contribution in [0.15, 0.2) is 4.99 Å². The Kier molecular flexibility index (Phi) is 19.0. The zero-order valence-electron chi connectivity index (χ0n) is 11.8. The molecule has 0 heterocycles. The number of hydrogen-bond acceptors (Lipinski definition) is 3. The Morgan fingerprint density at radius 3 is 2.50 bits per heavy atom. The lowest BCUT2D eigenvalue weighted by atomic mass is 10.3. The molecular weight excluding hydrogens is 345 g/mol. The van der Waals surface area contributed by atoms with Gasteiger partial charge in [-0.25, -0.2) is 0 Å². The number of aliphatic imine (C=N–C) groups is 1. The van der Waals surface area contributed by atoms with Gasteiger partial charge in [0.1, 0.15) is 0 Å². The van der Waals surface area contributed by atoms with Gasteiger partial charge in [0.25, 0.3) is 0 Å². The van der Waals surface area contributed by atoms with Gasteiger partial charge in [0.05, 0.1) is 19.8 Å². The molecule has 5 nitrogen and oxygen atoms in total. The molecule has 110 valence electrons. The molecule has 0 atom stereocenters. The number of nitrogens with zero attached hydrogens (tertiary/aromatic N) is 1. The number of unbranched alkanes of at least 4 members (excludes halogenated alkanes) is 1. The van der Waals surface area contributed by atoms with Crippen molar-refractivity contribution in [3.8, 4) is 0 Å². The van der Waals surface area contributed by atoms with E-state index in [0.717, 1.165) is 32.0 Å². The fraction of sp³-hybridized carbons (Fsp3) is 0.917. The van der Waals surface area contributed by atoms with Crippen LogP contribution in [-0.2, 0) is 9.47 Å². The van der Waals surface area contributed by atoms with Crippen molar-refractivity contribution in [2.75, 3.05) is 46.6 Å². The summed E-state index contributed by atoms with van der Waals surface area (Å²) in [6, 6.07) is 0. The van der Waals surface area contributed by atoms with Crippen LogP contribution in [0.25, 0.3) is 0 Å². The van der Waals surface area contributed by atoms with Gasteiger partial charge < -0.3 is 20.1 Å². The van der Waals surface area contributed by atoms with Gasteiger partial charge in [-0.15, -0.1) is 24.0 Å². The summed E-state index contributed by atoms with van der Waals surface area (Å²) < 4.78 is 10.2. The van der Waals surface area contributed by atoms with E-state index >= 15 is 0 Å². The number of ether oxygens (including phenoxy) is 2. The van der Waals surface area contributed by atoms with Crippen LogP contribution in [0.3, 0.4) is 0 Å². The van der Waals surface area contributed by atoms with E-state index in [0.29, 0.717) is 19.8 Å². The molecule has 18 heavy (non-hydrogen) atoms. The largest absolute Gasteiger partial charge is 0.382 e. The second-order valence-corrected chi connectivity index (χ2v) is 3.65. The first-order chi connectivity index (χ1) is 8.35. The predicted molar refractivity (Wildman–Crippen MR) is 87.0 cm³/mol. The smallest absolute Gasteiger partial charge is 0.191 e. The van der Waals surface area contributed by atoms with Crippen molar-refractivity contribution < 1.29 is 9.47 Å². The lowest BCUT2D eigenvalue weighted by molar-refractivity contribution is 0.0733. The first kappa shape index (κ1) is 20.2. The molecule has 0 fully saturated rings. The maximum Gasteiger partial charge on any atom is 0.191 e. The summed E-state index contributed by atoms with van der Waals surface area (Å²) in [5.74, 6) is 0.872. The maximum atomic E-state index is 5.36. The number of nitrogens with one attached hydrogen (secondary N) is 2. The van der Waals surface area contributed by atoms with E-state index in [4.69, 9.17) is 9.47 Å². The number of hydrogen-bond donors (Lipinski definition) is 2. The number of guanidine groups is 1. The first-order valence-corrected chi connectivity index (χ1v) is 6.44. The SMILES string of the molecule is CCCCN=C(NCC)NCCOCCOC.I. The number of rotatable bonds is 10. The minimum absolute atomic E-state index is 0. The molecule has 0 aliphatic heterocycles. The summed E-state index contributed by atoms with van der Waals surface area (Å²) in [5.41, 5.74) is 0. The van der Waals surface area contributed by atoms with Gasteiger partial charge in [-0.1, -0.05) is 13.3 Å². The Morgan fingerprint density at radius 2 is 1.89 bits per heavy atom. The van der Waals surface area contributed by atoms with Crippen molar-refractivity contribution in [3.63, 3.8) is 0 Å². The molecule has 0 aliphatic carbocycles. The van der Waals surface area contributed by atoms with E-state index in [2.05, 4.69) is 29.5 Å².